The molecule has 1 aliphatic heterocycles. The minimum atomic E-state index is -4.41. The van der Waals surface area contributed by atoms with E-state index in [1.54, 1.807) is 36.5 Å². The summed E-state index contributed by atoms with van der Waals surface area (Å²) in [4.78, 5) is 19.7. The predicted molar refractivity (Wildman–Crippen MR) is 137 cm³/mol. The lowest BCUT2D eigenvalue weighted by Crippen LogP contribution is -2.31. The number of benzene rings is 2. The van der Waals surface area contributed by atoms with Gasteiger partial charge in [0.1, 0.15) is 28.0 Å². The van der Waals surface area contributed by atoms with Crippen LogP contribution in [-0.2, 0) is 14.8 Å². The molecule has 1 saturated heterocycles. The first-order valence-corrected chi connectivity index (χ1v) is 13.5. The summed E-state index contributed by atoms with van der Waals surface area (Å²) in [5, 5.41) is 10.3. The van der Waals surface area contributed by atoms with Gasteiger partial charge in [-0.1, -0.05) is 18.2 Å². The second kappa shape index (κ2) is 11.1. The molecule has 5 rings (SSSR count). The zero-order chi connectivity index (χ0) is 27.4. The van der Waals surface area contributed by atoms with Gasteiger partial charge in [0.2, 0.25) is 5.88 Å². The quantitative estimate of drug-likeness (QED) is 0.328. The Morgan fingerprint density at radius 3 is 2.85 bits per heavy atom. The predicted octanol–water partition coefficient (Wildman–Crippen LogP) is 4.45. The number of pyridine rings is 1. The summed E-state index contributed by atoms with van der Waals surface area (Å²) < 4.78 is 57.9. The first-order chi connectivity index (χ1) is 18.8. The molecule has 3 heterocycles. The van der Waals surface area contributed by atoms with E-state index in [1.165, 1.54) is 6.07 Å². The average Bonchev–Trinajstić information content (AvgIpc) is 3.42. The minimum Gasteiger partial charge on any atom is -0.476 e. The molecule has 0 aliphatic carbocycles. The smallest absolute Gasteiger partial charge is 0.268 e. The number of nitriles is 1. The molecule has 2 aromatic heterocycles. The molecule has 0 spiro atoms. The summed E-state index contributed by atoms with van der Waals surface area (Å²) in [6.07, 6.45) is 2.12. The molecule has 39 heavy (non-hydrogen) atoms. The van der Waals surface area contributed by atoms with Gasteiger partial charge >= 0.3 is 0 Å². The van der Waals surface area contributed by atoms with Crippen LogP contribution in [0.2, 0.25) is 0 Å². The van der Waals surface area contributed by atoms with Crippen LogP contribution in [0.25, 0.3) is 10.9 Å². The number of carbonyl (C=O) groups is 1. The van der Waals surface area contributed by atoms with E-state index in [-0.39, 0.29) is 48.3 Å². The number of alkyl halides is 1. The number of para-hydroxylation sites is 1. The summed E-state index contributed by atoms with van der Waals surface area (Å²) in [7, 11) is -4.41. The number of hydrogen-bond acceptors (Lipinski definition) is 8. The maximum absolute atomic E-state index is 13.4. The third-order valence-corrected chi connectivity index (χ3v) is 7.49. The molecular weight excluding hydrogens is 527 g/mol. The number of H-pyrrole nitrogens is 1. The lowest BCUT2D eigenvalue weighted by molar-refractivity contribution is -0.0918. The van der Waals surface area contributed by atoms with Crippen molar-refractivity contribution in [2.24, 2.45) is 5.92 Å². The van der Waals surface area contributed by atoms with Crippen molar-refractivity contribution in [3.05, 3.63) is 78.1 Å². The number of fused-ring (bicyclic) bond motifs is 1. The molecule has 2 aromatic carbocycles. The molecule has 1 fully saturated rings. The Morgan fingerprint density at radius 1 is 1.21 bits per heavy atom. The van der Waals surface area contributed by atoms with Gasteiger partial charge in [-0.2, -0.15) is 5.26 Å². The fourth-order valence-electron chi connectivity index (χ4n) is 4.18. The van der Waals surface area contributed by atoms with Crippen LogP contribution >= 0.6 is 0 Å². The molecule has 1 amide bonds. The lowest BCUT2D eigenvalue weighted by Gasteiger charge is -2.24. The highest BCUT2D eigenvalue weighted by atomic mass is 32.2. The molecule has 200 valence electrons. The van der Waals surface area contributed by atoms with Gasteiger partial charge in [0.15, 0.2) is 6.36 Å². The van der Waals surface area contributed by atoms with Crippen molar-refractivity contribution >= 4 is 26.8 Å². The fraction of sp³-hybridized carbons (Fsp3) is 0.222. The number of halogens is 1. The molecular formula is C27H23FN4O6S. The number of amides is 1. The summed E-state index contributed by atoms with van der Waals surface area (Å²) in [5.41, 5.74) is 0.687. The van der Waals surface area contributed by atoms with Crippen LogP contribution in [0.4, 0.5) is 4.39 Å². The van der Waals surface area contributed by atoms with Crippen molar-refractivity contribution in [2.45, 2.75) is 24.1 Å². The van der Waals surface area contributed by atoms with Gasteiger partial charge in [-0.3, -0.25) is 4.79 Å². The van der Waals surface area contributed by atoms with Gasteiger partial charge in [-0.25, -0.2) is 22.5 Å². The Kier molecular flexibility index (Phi) is 7.44. The Hall–Kier alpha value is -4.47. The molecule has 2 unspecified atom stereocenters. The second-order valence-electron chi connectivity index (χ2n) is 8.85. The van der Waals surface area contributed by atoms with Crippen molar-refractivity contribution < 1.29 is 31.8 Å². The number of aromatic nitrogens is 2. The third-order valence-electron chi connectivity index (χ3n) is 6.19. The summed E-state index contributed by atoms with van der Waals surface area (Å²) in [5.74, 6) is -0.496. The lowest BCUT2D eigenvalue weighted by atomic mass is 10.0. The van der Waals surface area contributed by atoms with Gasteiger partial charge in [0.05, 0.1) is 25.0 Å². The number of hydrogen-bond donors (Lipinski definition) is 2. The molecule has 2 N–H and O–H groups in total. The monoisotopic (exact) mass is 550 g/mol. The van der Waals surface area contributed by atoms with Crippen LogP contribution < -0.4 is 14.2 Å². The van der Waals surface area contributed by atoms with E-state index in [9.17, 15) is 22.9 Å². The molecule has 10 nitrogen and oxygen atoms in total. The largest absolute Gasteiger partial charge is 0.476 e. The first kappa shape index (κ1) is 26.1. The zero-order valence-corrected chi connectivity index (χ0v) is 21.3. The van der Waals surface area contributed by atoms with E-state index in [0.29, 0.717) is 12.2 Å². The zero-order valence-electron chi connectivity index (χ0n) is 20.5. The van der Waals surface area contributed by atoms with Gasteiger partial charge in [-0.05, 0) is 42.8 Å². The van der Waals surface area contributed by atoms with Crippen LogP contribution in [0.15, 0.2) is 71.9 Å². The van der Waals surface area contributed by atoms with Gasteiger partial charge < -0.3 is 19.2 Å². The van der Waals surface area contributed by atoms with Crippen molar-refractivity contribution in [1.82, 2.24) is 14.7 Å². The van der Waals surface area contributed by atoms with Crippen LogP contribution in [-0.4, -0.2) is 43.9 Å². The average molecular weight is 551 g/mol. The summed E-state index contributed by atoms with van der Waals surface area (Å²) >= 11 is 0. The van der Waals surface area contributed by atoms with E-state index >= 15 is 0 Å². The maximum Gasteiger partial charge on any atom is 0.268 e. The second-order valence-corrected chi connectivity index (χ2v) is 10.5. The fourth-order valence-corrected chi connectivity index (χ4v) is 5.11. The van der Waals surface area contributed by atoms with Crippen molar-refractivity contribution in [3.8, 4) is 23.4 Å². The normalized spacial score (nSPS) is 17.3. The van der Waals surface area contributed by atoms with Crippen molar-refractivity contribution in [2.75, 3.05) is 13.2 Å². The van der Waals surface area contributed by atoms with E-state index < -0.39 is 27.2 Å². The van der Waals surface area contributed by atoms with Crippen molar-refractivity contribution in [1.29, 1.82) is 5.26 Å². The van der Waals surface area contributed by atoms with Crippen LogP contribution in [0.1, 0.15) is 28.8 Å². The van der Waals surface area contributed by atoms with Gasteiger partial charge in [0, 0.05) is 29.4 Å². The number of aromatic amines is 1. The maximum atomic E-state index is 13.4. The minimum absolute atomic E-state index is 0.00957. The van der Waals surface area contributed by atoms with E-state index in [1.807, 2.05) is 22.9 Å². The molecule has 0 saturated carbocycles. The van der Waals surface area contributed by atoms with E-state index in [4.69, 9.17) is 14.2 Å². The van der Waals surface area contributed by atoms with Crippen LogP contribution in [0.5, 0.6) is 17.4 Å². The Morgan fingerprint density at radius 2 is 2.03 bits per heavy atom. The molecule has 2 atom stereocenters. The van der Waals surface area contributed by atoms with Crippen LogP contribution in [0.3, 0.4) is 0 Å². The molecule has 4 aromatic rings. The number of ether oxygens (including phenoxy) is 3. The van der Waals surface area contributed by atoms with Gasteiger partial charge in [-0.15, -0.1) is 0 Å². The standard InChI is InChI=1S/C27H23FN4O6S/c28-25-12-17(9-11-36-25)16-37-27-18(14-29)13-19(15-31-27)39(34,35)32-26(33)21-4-1-2-6-24(21)38-23-7-3-5-22-20(23)8-10-30-22/h1-8,10,13,15,17,25,30H,9,11-12,16H2,(H,32,33). The highest BCUT2D eigenvalue weighted by Crippen LogP contribution is 2.31. The number of nitrogens with zero attached hydrogens (tertiary/aromatic N) is 2. The summed E-state index contributed by atoms with van der Waals surface area (Å²) in [6.45, 7) is 0.363. The van der Waals surface area contributed by atoms with Gasteiger partial charge in [0.25, 0.3) is 15.9 Å². The number of sulfonamides is 1. The van der Waals surface area contributed by atoms with Crippen molar-refractivity contribution in [3.63, 3.8) is 0 Å². The molecule has 0 bridgehead atoms. The number of carbonyl (C=O) groups excluding carboxylic acids is 1. The number of rotatable bonds is 8. The first-order valence-electron chi connectivity index (χ1n) is 12.0. The Balaban J connectivity index is 1.32. The van der Waals surface area contributed by atoms with E-state index in [2.05, 4.69) is 9.97 Å². The molecule has 0 radical (unpaired) electrons. The highest BCUT2D eigenvalue weighted by molar-refractivity contribution is 7.90. The topological polar surface area (TPSA) is 143 Å². The number of nitrogens with one attached hydrogen (secondary N) is 2. The highest BCUT2D eigenvalue weighted by Gasteiger charge is 2.25. The SMILES string of the molecule is N#Cc1cc(S(=O)(=O)NC(=O)c2ccccc2Oc2cccc3[nH]ccc23)cnc1OCC1CCOC(F)C1. The molecule has 1 aliphatic rings. The Labute approximate surface area is 223 Å². The third kappa shape index (κ3) is 5.84. The molecule has 12 heteroatoms. The Bertz CT molecular complexity index is 1670. The van der Waals surface area contributed by atoms with E-state index in [0.717, 1.165) is 23.2 Å². The van der Waals surface area contributed by atoms with Crippen LogP contribution in [0, 0.1) is 17.2 Å². The summed E-state index contributed by atoms with van der Waals surface area (Å²) in [6, 6.07) is 16.4.